The predicted molar refractivity (Wildman–Crippen MR) is 246 cm³/mol. The highest BCUT2D eigenvalue weighted by Gasteiger charge is 2.19. The van der Waals surface area contributed by atoms with Crippen LogP contribution in [0.2, 0.25) is 0 Å². The summed E-state index contributed by atoms with van der Waals surface area (Å²) in [4.78, 5) is 0. The third kappa shape index (κ3) is 5.77. The van der Waals surface area contributed by atoms with Gasteiger partial charge in [0.2, 0.25) is 0 Å². The molecule has 59 heavy (non-hydrogen) atoms. The van der Waals surface area contributed by atoms with Crippen LogP contribution in [0.3, 0.4) is 0 Å². The first-order valence-corrected chi connectivity index (χ1v) is 20.1. The molecule has 0 aliphatic heterocycles. The highest BCUT2D eigenvalue weighted by atomic mass is 16.5. The Hall–Kier alpha value is -7.48. The minimum absolute atomic E-state index is 0.147. The molecule has 0 aliphatic carbocycles. The average molecular weight is 761 g/mol. The zero-order valence-corrected chi connectivity index (χ0v) is 33.4. The standard InChI is InChI=1S/C55H40N2O2/c1-55(2,3)28-27-35-29-38(31-40(30-35)57-49-19-10-8-15-43(49)44-16-9-11-20-50(44)57)42-17-12-18-45-48-33-39(22-26-53(48)59-54(42)45)56-51-24-21-37(36-13-6-5-7-14-36)32-46(51)47-34-41(58-4)23-25-52(47)56/h5-26,29-34H,1-4H3. The fourth-order valence-corrected chi connectivity index (χ4v) is 8.80. The molecule has 8 aromatic carbocycles. The van der Waals surface area contributed by atoms with Crippen molar-refractivity contribution in [3.05, 3.63) is 175 Å². The van der Waals surface area contributed by atoms with Gasteiger partial charge >= 0.3 is 0 Å². The lowest BCUT2D eigenvalue weighted by molar-refractivity contribution is 0.415. The van der Waals surface area contributed by atoms with Crippen LogP contribution in [0, 0.1) is 17.3 Å². The van der Waals surface area contributed by atoms with Crippen molar-refractivity contribution in [3.8, 4) is 51.2 Å². The van der Waals surface area contributed by atoms with E-state index < -0.39 is 0 Å². The van der Waals surface area contributed by atoms with Crippen LogP contribution < -0.4 is 4.74 Å². The normalized spacial score (nSPS) is 11.9. The number of hydrogen-bond acceptors (Lipinski definition) is 2. The van der Waals surface area contributed by atoms with Gasteiger partial charge < -0.3 is 18.3 Å². The van der Waals surface area contributed by atoms with E-state index in [1.54, 1.807) is 7.11 Å². The van der Waals surface area contributed by atoms with Crippen molar-refractivity contribution in [3.63, 3.8) is 0 Å². The summed E-state index contributed by atoms with van der Waals surface area (Å²) < 4.78 is 17.3. The van der Waals surface area contributed by atoms with Gasteiger partial charge in [0.25, 0.3) is 0 Å². The van der Waals surface area contributed by atoms with E-state index in [4.69, 9.17) is 9.15 Å². The number of para-hydroxylation sites is 3. The molecule has 3 aromatic heterocycles. The highest BCUT2D eigenvalue weighted by molar-refractivity contribution is 6.13. The van der Waals surface area contributed by atoms with Gasteiger partial charge in [-0.05, 0) is 116 Å². The molecule has 0 spiro atoms. The molecule has 0 saturated carbocycles. The molecule has 0 fully saturated rings. The van der Waals surface area contributed by atoms with Crippen molar-refractivity contribution in [2.75, 3.05) is 7.11 Å². The minimum atomic E-state index is -0.147. The summed E-state index contributed by atoms with van der Waals surface area (Å²) in [7, 11) is 1.72. The third-order valence-corrected chi connectivity index (χ3v) is 11.5. The summed E-state index contributed by atoms with van der Waals surface area (Å²) in [5.74, 6) is 7.86. The van der Waals surface area contributed by atoms with Gasteiger partial charge in [-0.3, -0.25) is 0 Å². The third-order valence-electron chi connectivity index (χ3n) is 11.5. The highest BCUT2D eigenvalue weighted by Crippen LogP contribution is 2.41. The van der Waals surface area contributed by atoms with Gasteiger partial charge in [-0.25, -0.2) is 0 Å². The first-order chi connectivity index (χ1) is 28.8. The number of methoxy groups -OCH3 is 1. The number of hydrogen-bond donors (Lipinski definition) is 0. The SMILES string of the molecule is COc1ccc2c(c1)c1cc(-c3ccccc3)ccc1n2-c1ccc2oc3c(-c4cc(C#CC(C)(C)C)cc(-n5c6ccccc6c6ccccc65)c4)cccc3c2c1. The number of fused-ring (bicyclic) bond motifs is 9. The maximum atomic E-state index is 6.84. The van der Waals surface area contributed by atoms with E-state index in [2.05, 4.69) is 206 Å². The monoisotopic (exact) mass is 760 g/mol. The molecule has 0 amide bonds. The summed E-state index contributed by atoms with van der Waals surface area (Å²) in [6, 6.07) is 60.7. The smallest absolute Gasteiger partial charge is 0.143 e. The molecule has 0 N–H and O–H groups in total. The maximum Gasteiger partial charge on any atom is 0.143 e. The van der Waals surface area contributed by atoms with Crippen LogP contribution in [0.1, 0.15) is 26.3 Å². The van der Waals surface area contributed by atoms with Crippen LogP contribution in [0.5, 0.6) is 5.75 Å². The minimum Gasteiger partial charge on any atom is -0.497 e. The van der Waals surface area contributed by atoms with E-state index in [9.17, 15) is 0 Å². The van der Waals surface area contributed by atoms with Crippen molar-refractivity contribution in [2.24, 2.45) is 5.41 Å². The molecular formula is C55H40N2O2. The molecule has 3 heterocycles. The van der Waals surface area contributed by atoms with E-state index in [1.165, 1.54) is 27.3 Å². The summed E-state index contributed by atoms with van der Waals surface area (Å²) in [6.45, 7) is 6.46. The molecule has 0 radical (unpaired) electrons. The van der Waals surface area contributed by atoms with Crippen molar-refractivity contribution in [1.82, 2.24) is 9.13 Å². The van der Waals surface area contributed by atoms with E-state index >= 15 is 0 Å². The quantitative estimate of drug-likeness (QED) is 0.164. The van der Waals surface area contributed by atoms with E-state index in [0.29, 0.717) is 0 Å². The van der Waals surface area contributed by atoms with Crippen LogP contribution in [0.15, 0.2) is 174 Å². The van der Waals surface area contributed by atoms with Crippen molar-refractivity contribution in [1.29, 1.82) is 0 Å². The Kier molecular flexibility index (Phi) is 7.83. The van der Waals surface area contributed by atoms with Crippen LogP contribution in [0.25, 0.3) is 99.2 Å². The van der Waals surface area contributed by atoms with Gasteiger partial charge in [0, 0.05) is 60.2 Å². The zero-order valence-electron chi connectivity index (χ0n) is 33.4. The van der Waals surface area contributed by atoms with Gasteiger partial charge in [0.05, 0.1) is 29.2 Å². The van der Waals surface area contributed by atoms with Gasteiger partial charge in [0.15, 0.2) is 0 Å². The number of nitrogens with zero attached hydrogens (tertiary/aromatic N) is 2. The molecule has 0 atom stereocenters. The Morgan fingerprint density at radius 3 is 1.88 bits per heavy atom. The first-order valence-electron chi connectivity index (χ1n) is 20.1. The molecule has 4 nitrogen and oxygen atoms in total. The molecule has 282 valence electrons. The first kappa shape index (κ1) is 34.7. The van der Waals surface area contributed by atoms with Crippen molar-refractivity contribution in [2.45, 2.75) is 20.8 Å². The van der Waals surface area contributed by atoms with E-state index in [-0.39, 0.29) is 5.41 Å². The Bertz CT molecular complexity index is 3470. The van der Waals surface area contributed by atoms with E-state index in [1.807, 2.05) is 6.07 Å². The number of benzene rings is 8. The van der Waals surface area contributed by atoms with Crippen LogP contribution in [-0.4, -0.2) is 16.2 Å². The Morgan fingerprint density at radius 1 is 0.475 bits per heavy atom. The maximum absolute atomic E-state index is 6.84. The summed E-state index contributed by atoms with van der Waals surface area (Å²) >= 11 is 0. The zero-order chi connectivity index (χ0) is 39.8. The summed E-state index contributed by atoms with van der Waals surface area (Å²) in [5, 5.41) is 6.90. The van der Waals surface area contributed by atoms with Crippen LogP contribution in [-0.2, 0) is 0 Å². The molecule has 0 unspecified atom stereocenters. The topological polar surface area (TPSA) is 32.2 Å². The molecule has 0 aliphatic rings. The van der Waals surface area contributed by atoms with Crippen LogP contribution in [0.4, 0.5) is 0 Å². The summed E-state index contributed by atoms with van der Waals surface area (Å²) in [5.41, 5.74) is 13.7. The lowest BCUT2D eigenvalue weighted by Crippen LogP contribution is -2.00. The second-order valence-electron chi connectivity index (χ2n) is 16.4. The lowest BCUT2D eigenvalue weighted by Gasteiger charge is -2.13. The molecule has 0 bridgehead atoms. The van der Waals surface area contributed by atoms with Gasteiger partial charge in [0.1, 0.15) is 16.9 Å². The Morgan fingerprint density at radius 2 is 1.14 bits per heavy atom. The second kappa shape index (κ2) is 13.3. The molecular weight excluding hydrogens is 721 g/mol. The predicted octanol–water partition coefficient (Wildman–Crippen LogP) is 14.5. The number of rotatable bonds is 5. The lowest BCUT2D eigenvalue weighted by atomic mass is 9.96. The van der Waals surface area contributed by atoms with Gasteiger partial charge in [-0.1, -0.05) is 103 Å². The van der Waals surface area contributed by atoms with Crippen molar-refractivity contribution >= 4 is 65.6 Å². The summed E-state index contributed by atoms with van der Waals surface area (Å²) in [6.07, 6.45) is 0. The number of aromatic nitrogens is 2. The average Bonchev–Trinajstić information content (AvgIpc) is 3.92. The Labute approximate surface area is 342 Å². The second-order valence-corrected chi connectivity index (χ2v) is 16.4. The van der Waals surface area contributed by atoms with Gasteiger partial charge in [-0.2, -0.15) is 0 Å². The van der Waals surface area contributed by atoms with Crippen LogP contribution >= 0.6 is 0 Å². The largest absolute Gasteiger partial charge is 0.497 e. The molecule has 0 saturated heterocycles. The number of ether oxygens (including phenoxy) is 1. The van der Waals surface area contributed by atoms with E-state index in [0.717, 1.165) is 83.2 Å². The number of furan rings is 1. The molecule has 4 heteroatoms. The van der Waals surface area contributed by atoms with Gasteiger partial charge in [-0.15, -0.1) is 0 Å². The molecule has 11 aromatic rings. The Balaban J connectivity index is 1.11. The molecule has 11 rings (SSSR count). The van der Waals surface area contributed by atoms with Crippen molar-refractivity contribution < 1.29 is 9.15 Å². The fourth-order valence-electron chi connectivity index (χ4n) is 8.80. The fraction of sp³-hybridized carbons (Fsp3) is 0.0909.